The number of benzene rings is 2. The van der Waals surface area contributed by atoms with Gasteiger partial charge in [-0.05, 0) is 30.0 Å². The van der Waals surface area contributed by atoms with E-state index < -0.39 is 24.0 Å². The second-order valence-corrected chi connectivity index (χ2v) is 6.28. The van der Waals surface area contributed by atoms with E-state index in [-0.39, 0.29) is 0 Å². The molecule has 6 nitrogen and oxygen atoms in total. The van der Waals surface area contributed by atoms with E-state index in [0.29, 0.717) is 5.56 Å². The maximum atomic E-state index is 12.3. The number of carbonyl (C=O) groups excluding carboxylic acids is 3. The summed E-state index contributed by atoms with van der Waals surface area (Å²) in [6.07, 6.45) is 3.59. The number of rotatable bonds is 6. The lowest BCUT2D eigenvalue weighted by molar-refractivity contribution is -0.151. The Bertz CT molecular complexity index is 820. The molecule has 0 aliphatic rings. The number of amides is 3. The quantitative estimate of drug-likeness (QED) is 0.454. The second-order valence-electron chi connectivity index (χ2n) is 5.40. The zero-order valence-corrected chi connectivity index (χ0v) is 15.8. The van der Waals surface area contributed by atoms with Crippen LogP contribution in [-0.2, 0) is 14.3 Å². The van der Waals surface area contributed by atoms with E-state index in [4.69, 9.17) is 4.74 Å². The third-order valence-electron chi connectivity index (χ3n) is 3.57. The van der Waals surface area contributed by atoms with E-state index in [1.165, 1.54) is 13.1 Å². The minimum atomic E-state index is -1.24. The van der Waals surface area contributed by atoms with Crippen molar-refractivity contribution in [2.24, 2.45) is 0 Å². The molecule has 0 unspecified atom stereocenters. The minimum Gasteiger partial charge on any atom is -0.444 e. The highest BCUT2D eigenvalue weighted by Gasteiger charge is 2.25. The van der Waals surface area contributed by atoms with E-state index in [2.05, 4.69) is 10.6 Å². The highest BCUT2D eigenvalue weighted by Crippen LogP contribution is 2.19. The van der Waals surface area contributed by atoms with Gasteiger partial charge in [0.05, 0.1) is 0 Å². The van der Waals surface area contributed by atoms with Crippen LogP contribution in [0, 0.1) is 0 Å². The van der Waals surface area contributed by atoms with Gasteiger partial charge in [0.1, 0.15) is 0 Å². The number of ether oxygens (including phenoxy) is 1. The standard InChI is InChI=1S/C20H20N2O4S/c1-21-20(25)22-19(24)18(15-6-4-3-5-7-15)26-17(23)13-10-14-8-11-16(27-2)12-9-14/h3-13,18H,1-2H3,(H2,21,22,24,25)/b13-10+/t18-/m1/s1. The summed E-state index contributed by atoms with van der Waals surface area (Å²) < 4.78 is 5.29. The molecule has 3 amide bonds. The van der Waals surface area contributed by atoms with Gasteiger partial charge < -0.3 is 10.1 Å². The molecule has 0 radical (unpaired) electrons. The van der Waals surface area contributed by atoms with Crippen molar-refractivity contribution >= 4 is 35.7 Å². The lowest BCUT2D eigenvalue weighted by Gasteiger charge is -2.16. The monoisotopic (exact) mass is 384 g/mol. The Balaban J connectivity index is 2.11. The third kappa shape index (κ3) is 6.31. The van der Waals surface area contributed by atoms with E-state index in [1.54, 1.807) is 48.2 Å². The Labute approximate surface area is 162 Å². The zero-order valence-electron chi connectivity index (χ0n) is 15.0. The molecule has 140 valence electrons. The van der Waals surface area contributed by atoms with E-state index in [0.717, 1.165) is 10.5 Å². The van der Waals surface area contributed by atoms with Crippen molar-refractivity contribution in [3.8, 4) is 0 Å². The van der Waals surface area contributed by atoms with E-state index in [9.17, 15) is 14.4 Å². The van der Waals surface area contributed by atoms with Crippen LogP contribution in [0.1, 0.15) is 17.2 Å². The molecule has 1 atom stereocenters. The van der Waals surface area contributed by atoms with Crippen LogP contribution in [-0.4, -0.2) is 31.2 Å². The third-order valence-corrected chi connectivity index (χ3v) is 4.31. The Morgan fingerprint density at radius 1 is 1.04 bits per heavy atom. The fraction of sp³-hybridized carbons (Fsp3) is 0.150. The Hall–Kier alpha value is -3.06. The van der Waals surface area contributed by atoms with Crippen molar-refractivity contribution in [1.29, 1.82) is 0 Å². The zero-order chi connectivity index (χ0) is 19.6. The highest BCUT2D eigenvalue weighted by atomic mass is 32.2. The molecular weight excluding hydrogens is 364 g/mol. The van der Waals surface area contributed by atoms with Crippen molar-refractivity contribution in [2.45, 2.75) is 11.0 Å². The highest BCUT2D eigenvalue weighted by molar-refractivity contribution is 7.98. The number of thioether (sulfide) groups is 1. The SMILES string of the molecule is CNC(=O)NC(=O)[C@H](OC(=O)/C=C/c1ccc(SC)cc1)c1ccccc1. The molecule has 7 heteroatoms. The van der Waals surface area contributed by atoms with Crippen LogP contribution in [0.25, 0.3) is 6.08 Å². The molecule has 0 spiro atoms. The molecular formula is C20H20N2O4S. The second kappa shape index (κ2) is 10.2. The first-order valence-corrected chi connectivity index (χ1v) is 9.36. The number of imide groups is 1. The van der Waals surface area contributed by atoms with Gasteiger partial charge in [0.2, 0.25) is 6.10 Å². The summed E-state index contributed by atoms with van der Waals surface area (Å²) in [5, 5.41) is 4.41. The van der Waals surface area contributed by atoms with Crippen molar-refractivity contribution in [3.63, 3.8) is 0 Å². The van der Waals surface area contributed by atoms with Gasteiger partial charge >= 0.3 is 12.0 Å². The molecule has 0 saturated carbocycles. The average molecular weight is 384 g/mol. The van der Waals surface area contributed by atoms with Crippen molar-refractivity contribution in [2.75, 3.05) is 13.3 Å². The normalized spacial score (nSPS) is 11.6. The summed E-state index contributed by atoms with van der Waals surface area (Å²) in [4.78, 5) is 37.0. The largest absolute Gasteiger partial charge is 0.444 e. The number of urea groups is 1. The van der Waals surface area contributed by atoms with Gasteiger partial charge in [-0.2, -0.15) is 0 Å². The molecule has 0 fully saturated rings. The molecule has 0 heterocycles. The van der Waals surface area contributed by atoms with E-state index in [1.807, 2.05) is 30.5 Å². The maximum Gasteiger partial charge on any atom is 0.331 e. The summed E-state index contributed by atoms with van der Waals surface area (Å²) in [5.41, 5.74) is 1.29. The summed E-state index contributed by atoms with van der Waals surface area (Å²) in [7, 11) is 1.39. The fourth-order valence-corrected chi connectivity index (χ4v) is 2.58. The lowest BCUT2D eigenvalue weighted by Crippen LogP contribution is -2.41. The van der Waals surface area contributed by atoms with Crippen LogP contribution >= 0.6 is 11.8 Å². The predicted molar refractivity (Wildman–Crippen MR) is 105 cm³/mol. The van der Waals surface area contributed by atoms with Gasteiger partial charge in [-0.1, -0.05) is 42.5 Å². The summed E-state index contributed by atoms with van der Waals surface area (Å²) in [6.45, 7) is 0. The first kappa shape index (κ1) is 20.3. The van der Waals surface area contributed by atoms with Crippen molar-refractivity contribution in [1.82, 2.24) is 10.6 Å². The summed E-state index contributed by atoms with van der Waals surface area (Å²) in [5.74, 6) is -1.42. The Kier molecular flexibility index (Phi) is 7.63. The molecule has 0 aliphatic heterocycles. The van der Waals surface area contributed by atoms with Gasteiger partial charge in [0, 0.05) is 23.6 Å². The number of nitrogens with one attached hydrogen (secondary N) is 2. The van der Waals surface area contributed by atoms with Crippen molar-refractivity contribution < 1.29 is 19.1 Å². The predicted octanol–water partition coefficient (Wildman–Crippen LogP) is 3.16. The van der Waals surface area contributed by atoms with Crippen LogP contribution in [0.2, 0.25) is 0 Å². The lowest BCUT2D eigenvalue weighted by atomic mass is 10.1. The molecule has 2 aromatic carbocycles. The van der Waals surface area contributed by atoms with Gasteiger partial charge in [0.15, 0.2) is 0 Å². The molecule has 2 rings (SSSR count). The average Bonchev–Trinajstić information content (AvgIpc) is 2.71. The molecule has 2 aromatic rings. The number of hydrogen-bond acceptors (Lipinski definition) is 5. The molecule has 27 heavy (non-hydrogen) atoms. The molecule has 2 N–H and O–H groups in total. The first-order valence-electron chi connectivity index (χ1n) is 8.13. The van der Waals surface area contributed by atoms with Crippen LogP contribution in [0.5, 0.6) is 0 Å². The number of esters is 1. The molecule has 0 aliphatic carbocycles. The summed E-state index contributed by atoms with van der Waals surface area (Å²) >= 11 is 1.62. The number of carbonyl (C=O) groups is 3. The van der Waals surface area contributed by atoms with Crippen molar-refractivity contribution in [3.05, 3.63) is 71.8 Å². The van der Waals surface area contributed by atoms with Crippen LogP contribution in [0.15, 0.2) is 65.6 Å². The maximum absolute atomic E-state index is 12.3. The van der Waals surface area contributed by atoms with E-state index >= 15 is 0 Å². The molecule has 0 bridgehead atoms. The molecule has 0 saturated heterocycles. The smallest absolute Gasteiger partial charge is 0.331 e. The minimum absolute atomic E-state index is 0.463. The van der Waals surface area contributed by atoms with Crippen LogP contribution in [0.3, 0.4) is 0 Å². The van der Waals surface area contributed by atoms with Gasteiger partial charge in [-0.25, -0.2) is 9.59 Å². The fourth-order valence-electron chi connectivity index (χ4n) is 2.18. The van der Waals surface area contributed by atoms with Gasteiger partial charge in [-0.3, -0.25) is 10.1 Å². The topological polar surface area (TPSA) is 84.5 Å². The van der Waals surface area contributed by atoms with Crippen LogP contribution in [0.4, 0.5) is 4.79 Å². The van der Waals surface area contributed by atoms with Gasteiger partial charge in [-0.15, -0.1) is 11.8 Å². The summed E-state index contributed by atoms with van der Waals surface area (Å²) in [6, 6.07) is 15.5. The Morgan fingerprint density at radius 2 is 1.70 bits per heavy atom. The van der Waals surface area contributed by atoms with Crippen LogP contribution < -0.4 is 10.6 Å². The number of hydrogen-bond donors (Lipinski definition) is 2. The molecule has 0 aromatic heterocycles. The van der Waals surface area contributed by atoms with Gasteiger partial charge in [0.25, 0.3) is 5.91 Å². The Morgan fingerprint density at radius 3 is 2.30 bits per heavy atom. The first-order chi connectivity index (χ1) is 13.0.